The number of benzene rings is 1. The molecule has 0 spiro atoms. The Morgan fingerprint density at radius 2 is 1.39 bits per heavy atom. The maximum atomic E-state index is 11.7. The lowest BCUT2D eigenvalue weighted by Crippen LogP contribution is -2.04. The van der Waals surface area contributed by atoms with Crippen molar-refractivity contribution in [3.05, 3.63) is 35.9 Å². The quantitative estimate of drug-likeness (QED) is 0.164. The van der Waals surface area contributed by atoms with E-state index in [0.717, 1.165) is 18.4 Å². The first kappa shape index (κ1) is 22.9. The minimum Gasteiger partial charge on any atom is -0.461 e. The summed E-state index contributed by atoms with van der Waals surface area (Å²) in [4.78, 5) is 11.7. The summed E-state index contributed by atoms with van der Waals surface area (Å²) in [6, 6.07) is 9.87. The van der Waals surface area contributed by atoms with E-state index >= 15 is 0 Å². The van der Waals surface area contributed by atoms with Crippen molar-refractivity contribution in [2.75, 3.05) is 0 Å². The number of unbranched alkanes of at least 4 members (excludes halogenated alkanes) is 9. The summed E-state index contributed by atoms with van der Waals surface area (Å²) in [7, 11) is 0. The molecule has 0 radical (unpaired) electrons. The topological polar surface area (TPSA) is 38.8 Å². The monoisotopic (exact) mass is 388 g/mol. The molecule has 0 N–H and O–H groups in total. The fraction of sp³-hybridized carbons (Fsp3) is 0.720. The van der Waals surface area contributed by atoms with Gasteiger partial charge < -0.3 is 9.47 Å². The molecule has 0 amide bonds. The van der Waals surface area contributed by atoms with E-state index in [1.165, 1.54) is 70.6 Å². The minimum atomic E-state index is -0.0702. The highest BCUT2D eigenvalue weighted by molar-refractivity contribution is 5.69. The van der Waals surface area contributed by atoms with Crippen LogP contribution in [0.2, 0.25) is 0 Å². The fourth-order valence-electron chi connectivity index (χ4n) is 3.77. The van der Waals surface area contributed by atoms with Crippen molar-refractivity contribution in [3.8, 4) is 0 Å². The van der Waals surface area contributed by atoms with Crippen LogP contribution in [0.5, 0.6) is 0 Å². The van der Waals surface area contributed by atoms with Gasteiger partial charge in [0.1, 0.15) is 6.61 Å². The molecule has 3 nitrogen and oxygen atoms in total. The maximum Gasteiger partial charge on any atom is 0.306 e. The second kappa shape index (κ2) is 14.6. The van der Waals surface area contributed by atoms with E-state index in [4.69, 9.17) is 9.47 Å². The Balaban J connectivity index is 1.30. The molecule has 1 aliphatic rings. The van der Waals surface area contributed by atoms with Crippen LogP contribution in [0, 0.1) is 0 Å². The molecule has 2 unspecified atom stereocenters. The minimum absolute atomic E-state index is 0.0702. The number of epoxide rings is 1. The molecule has 158 valence electrons. The first-order chi connectivity index (χ1) is 13.8. The lowest BCUT2D eigenvalue weighted by atomic mass is 10.0. The lowest BCUT2D eigenvalue weighted by Gasteiger charge is -2.05. The summed E-state index contributed by atoms with van der Waals surface area (Å²) in [5.74, 6) is -0.0702. The Labute approximate surface area is 172 Å². The molecule has 2 rings (SSSR count). The van der Waals surface area contributed by atoms with Crippen molar-refractivity contribution >= 4 is 5.97 Å². The molecule has 0 bridgehead atoms. The van der Waals surface area contributed by atoms with Crippen LogP contribution >= 0.6 is 0 Å². The number of esters is 1. The molecule has 0 saturated carbocycles. The van der Waals surface area contributed by atoms with Crippen molar-refractivity contribution in [2.45, 2.75) is 116 Å². The number of carbonyl (C=O) groups is 1. The Hall–Kier alpha value is -1.35. The van der Waals surface area contributed by atoms with Crippen LogP contribution in [0.1, 0.15) is 102 Å². The van der Waals surface area contributed by atoms with Gasteiger partial charge in [0, 0.05) is 6.42 Å². The van der Waals surface area contributed by atoms with E-state index in [1.54, 1.807) is 0 Å². The lowest BCUT2D eigenvalue weighted by molar-refractivity contribution is -0.145. The van der Waals surface area contributed by atoms with Gasteiger partial charge in [0.15, 0.2) is 0 Å². The number of hydrogen-bond acceptors (Lipinski definition) is 3. The maximum absolute atomic E-state index is 11.7. The SMILES string of the molecule is CCCCCC1OC1CCCCCCCCCCC(=O)OCc1ccccc1. The van der Waals surface area contributed by atoms with E-state index in [-0.39, 0.29) is 5.97 Å². The summed E-state index contributed by atoms with van der Waals surface area (Å²) < 4.78 is 11.1. The molecule has 1 aromatic carbocycles. The number of hydrogen-bond donors (Lipinski definition) is 0. The standard InChI is InChI=1S/C25H40O3/c1-2-3-11-18-23-24(28-23)19-14-8-6-4-5-7-9-15-20-25(26)27-21-22-16-12-10-13-17-22/h10,12-13,16-17,23-24H,2-9,11,14-15,18-21H2,1H3. The van der Waals surface area contributed by atoms with Crippen LogP contribution in [0.4, 0.5) is 0 Å². The van der Waals surface area contributed by atoms with Crippen molar-refractivity contribution in [1.29, 1.82) is 0 Å². The zero-order chi connectivity index (χ0) is 19.9. The predicted molar refractivity (Wildman–Crippen MR) is 115 cm³/mol. The highest BCUT2D eigenvalue weighted by Crippen LogP contribution is 2.31. The molecule has 1 fully saturated rings. The average Bonchev–Trinajstić information content (AvgIpc) is 3.47. The Morgan fingerprint density at radius 3 is 2.04 bits per heavy atom. The summed E-state index contributed by atoms with van der Waals surface area (Å²) in [6.07, 6.45) is 18.2. The first-order valence-electron chi connectivity index (χ1n) is 11.6. The average molecular weight is 389 g/mol. The molecule has 1 aromatic rings. The summed E-state index contributed by atoms with van der Waals surface area (Å²) in [5, 5.41) is 0. The first-order valence-corrected chi connectivity index (χ1v) is 11.6. The van der Waals surface area contributed by atoms with Crippen LogP contribution in [-0.2, 0) is 20.9 Å². The van der Waals surface area contributed by atoms with Crippen molar-refractivity contribution < 1.29 is 14.3 Å². The van der Waals surface area contributed by atoms with E-state index in [0.29, 0.717) is 25.2 Å². The summed E-state index contributed by atoms with van der Waals surface area (Å²) in [5.41, 5.74) is 1.05. The van der Waals surface area contributed by atoms with E-state index in [2.05, 4.69) is 6.92 Å². The summed E-state index contributed by atoms with van der Waals surface area (Å²) >= 11 is 0. The molecular weight excluding hydrogens is 348 g/mol. The normalized spacial score (nSPS) is 18.2. The van der Waals surface area contributed by atoms with Gasteiger partial charge in [0.25, 0.3) is 0 Å². The van der Waals surface area contributed by atoms with Gasteiger partial charge in [-0.3, -0.25) is 4.79 Å². The van der Waals surface area contributed by atoms with Gasteiger partial charge in [0.2, 0.25) is 0 Å². The Bertz CT molecular complexity index is 514. The van der Waals surface area contributed by atoms with Crippen LogP contribution in [0.15, 0.2) is 30.3 Å². The third-order valence-electron chi connectivity index (χ3n) is 5.64. The van der Waals surface area contributed by atoms with Crippen LogP contribution < -0.4 is 0 Å². The fourth-order valence-corrected chi connectivity index (χ4v) is 3.77. The van der Waals surface area contributed by atoms with E-state index < -0.39 is 0 Å². The zero-order valence-electron chi connectivity index (χ0n) is 17.9. The molecule has 1 saturated heterocycles. The second-order valence-electron chi connectivity index (χ2n) is 8.22. The molecule has 2 atom stereocenters. The Kier molecular flexibility index (Phi) is 12.0. The van der Waals surface area contributed by atoms with E-state index in [9.17, 15) is 4.79 Å². The number of rotatable bonds is 17. The summed E-state index contributed by atoms with van der Waals surface area (Å²) in [6.45, 7) is 2.65. The molecule has 0 aromatic heterocycles. The van der Waals surface area contributed by atoms with Gasteiger partial charge in [-0.15, -0.1) is 0 Å². The molecular formula is C25H40O3. The van der Waals surface area contributed by atoms with Crippen molar-refractivity contribution in [1.82, 2.24) is 0 Å². The van der Waals surface area contributed by atoms with E-state index in [1.807, 2.05) is 30.3 Å². The Morgan fingerprint density at radius 1 is 0.821 bits per heavy atom. The molecule has 1 heterocycles. The second-order valence-corrected chi connectivity index (χ2v) is 8.22. The van der Waals surface area contributed by atoms with Gasteiger partial charge >= 0.3 is 5.97 Å². The van der Waals surface area contributed by atoms with Crippen LogP contribution in [0.3, 0.4) is 0 Å². The number of carbonyl (C=O) groups excluding carboxylic acids is 1. The largest absolute Gasteiger partial charge is 0.461 e. The molecule has 0 aliphatic carbocycles. The van der Waals surface area contributed by atoms with Crippen molar-refractivity contribution in [3.63, 3.8) is 0 Å². The van der Waals surface area contributed by atoms with Crippen LogP contribution in [-0.4, -0.2) is 18.2 Å². The van der Waals surface area contributed by atoms with Crippen LogP contribution in [0.25, 0.3) is 0 Å². The zero-order valence-corrected chi connectivity index (χ0v) is 17.9. The third-order valence-corrected chi connectivity index (χ3v) is 5.64. The van der Waals surface area contributed by atoms with Gasteiger partial charge in [-0.2, -0.15) is 0 Å². The molecule has 28 heavy (non-hydrogen) atoms. The highest BCUT2D eigenvalue weighted by Gasteiger charge is 2.36. The highest BCUT2D eigenvalue weighted by atomic mass is 16.6. The van der Waals surface area contributed by atoms with Gasteiger partial charge in [0.05, 0.1) is 12.2 Å². The van der Waals surface area contributed by atoms with Gasteiger partial charge in [-0.25, -0.2) is 0 Å². The van der Waals surface area contributed by atoms with Gasteiger partial charge in [-0.05, 0) is 24.8 Å². The molecule has 3 heteroatoms. The number of ether oxygens (including phenoxy) is 2. The molecule has 1 aliphatic heterocycles. The van der Waals surface area contributed by atoms with Gasteiger partial charge in [-0.1, -0.05) is 101 Å². The van der Waals surface area contributed by atoms with Crippen molar-refractivity contribution in [2.24, 2.45) is 0 Å². The predicted octanol–water partition coefficient (Wildman–Crippen LogP) is 6.98. The smallest absolute Gasteiger partial charge is 0.306 e. The third kappa shape index (κ3) is 10.8.